The molecule has 0 aliphatic carbocycles. The molecule has 2 aliphatic heterocycles. The molecule has 2 fully saturated rings. The van der Waals surface area contributed by atoms with E-state index >= 15 is 0 Å². The Hall–Kier alpha value is -0.120. The summed E-state index contributed by atoms with van der Waals surface area (Å²) >= 11 is 0. The van der Waals surface area contributed by atoms with Gasteiger partial charge in [-0.3, -0.25) is 4.90 Å². The highest BCUT2D eigenvalue weighted by atomic mass is 16.5. The highest BCUT2D eigenvalue weighted by Crippen LogP contribution is 2.19. The van der Waals surface area contributed by atoms with Gasteiger partial charge in [-0.15, -0.1) is 0 Å². The first-order valence-corrected chi connectivity index (χ1v) is 7.76. The molecule has 3 nitrogen and oxygen atoms in total. The van der Waals surface area contributed by atoms with Gasteiger partial charge in [-0.1, -0.05) is 6.42 Å². The van der Waals surface area contributed by atoms with Crippen molar-refractivity contribution in [1.29, 1.82) is 0 Å². The molecule has 2 aliphatic rings. The molecule has 0 radical (unpaired) electrons. The van der Waals surface area contributed by atoms with E-state index < -0.39 is 0 Å². The van der Waals surface area contributed by atoms with Gasteiger partial charge in [0.05, 0.1) is 12.7 Å². The monoisotopic (exact) mass is 254 g/mol. The van der Waals surface area contributed by atoms with Crippen molar-refractivity contribution in [1.82, 2.24) is 9.80 Å². The van der Waals surface area contributed by atoms with E-state index in [0.717, 1.165) is 19.7 Å². The largest absolute Gasteiger partial charge is 0.375 e. The van der Waals surface area contributed by atoms with Crippen molar-refractivity contribution in [3.8, 4) is 0 Å². The Kier molecular flexibility index (Phi) is 5.46. The third kappa shape index (κ3) is 3.94. The van der Waals surface area contributed by atoms with Gasteiger partial charge in [-0.05, 0) is 53.1 Å². The van der Waals surface area contributed by atoms with Gasteiger partial charge >= 0.3 is 0 Å². The number of piperidine rings is 1. The topological polar surface area (TPSA) is 15.7 Å². The molecule has 0 spiro atoms. The van der Waals surface area contributed by atoms with Gasteiger partial charge in [0.15, 0.2) is 0 Å². The molecular weight excluding hydrogens is 224 g/mol. The number of nitrogens with zero attached hydrogens (tertiary/aromatic N) is 2. The van der Waals surface area contributed by atoms with Gasteiger partial charge in [0.25, 0.3) is 0 Å². The third-order valence-corrected chi connectivity index (χ3v) is 4.52. The number of likely N-dealkylation sites (tertiary alicyclic amines) is 1. The Labute approximate surface area is 112 Å². The van der Waals surface area contributed by atoms with E-state index in [2.05, 4.69) is 30.6 Å². The van der Waals surface area contributed by atoms with Gasteiger partial charge in [0.1, 0.15) is 0 Å². The van der Waals surface area contributed by atoms with Crippen LogP contribution in [0, 0.1) is 0 Å². The highest BCUT2D eigenvalue weighted by Gasteiger charge is 2.26. The molecule has 0 aromatic rings. The minimum absolute atomic E-state index is 0.443. The molecule has 2 rings (SSSR count). The Bertz CT molecular complexity index is 239. The summed E-state index contributed by atoms with van der Waals surface area (Å²) in [7, 11) is 0. The molecule has 3 heteroatoms. The van der Waals surface area contributed by atoms with E-state index in [1.54, 1.807) is 0 Å². The van der Waals surface area contributed by atoms with E-state index in [4.69, 9.17) is 4.74 Å². The first-order chi connectivity index (χ1) is 8.66. The van der Waals surface area contributed by atoms with E-state index in [1.807, 2.05) is 0 Å². The molecule has 0 N–H and O–H groups in total. The van der Waals surface area contributed by atoms with Crippen molar-refractivity contribution in [3.63, 3.8) is 0 Å². The van der Waals surface area contributed by atoms with Crippen LogP contribution in [-0.4, -0.2) is 60.8 Å². The lowest BCUT2D eigenvalue weighted by atomic mass is 10.0. The summed E-state index contributed by atoms with van der Waals surface area (Å²) in [5.41, 5.74) is 0. The van der Waals surface area contributed by atoms with Crippen LogP contribution in [0.3, 0.4) is 0 Å². The van der Waals surface area contributed by atoms with Gasteiger partial charge in [0, 0.05) is 25.2 Å². The first kappa shape index (κ1) is 14.3. The van der Waals surface area contributed by atoms with Crippen LogP contribution in [-0.2, 0) is 4.74 Å². The van der Waals surface area contributed by atoms with Crippen molar-refractivity contribution < 1.29 is 4.74 Å². The molecule has 0 bridgehead atoms. The highest BCUT2D eigenvalue weighted by molar-refractivity contribution is 4.80. The van der Waals surface area contributed by atoms with Crippen LogP contribution in [0.15, 0.2) is 0 Å². The summed E-state index contributed by atoms with van der Waals surface area (Å²) in [6, 6.07) is 1.34. The maximum absolute atomic E-state index is 5.95. The summed E-state index contributed by atoms with van der Waals surface area (Å²) < 4.78 is 5.95. The molecule has 106 valence electrons. The van der Waals surface area contributed by atoms with E-state index in [0.29, 0.717) is 18.2 Å². The molecule has 2 heterocycles. The molecule has 0 aromatic heterocycles. The summed E-state index contributed by atoms with van der Waals surface area (Å²) in [4.78, 5) is 5.21. The fourth-order valence-electron chi connectivity index (χ4n) is 3.24. The van der Waals surface area contributed by atoms with Gasteiger partial charge in [-0.25, -0.2) is 0 Å². The van der Waals surface area contributed by atoms with Crippen LogP contribution >= 0.6 is 0 Å². The van der Waals surface area contributed by atoms with Crippen LogP contribution in [0.4, 0.5) is 0 Å². The van der Waals surface area contributed by atoms with Crippen molar-refractivity contribution >= 4 is 0 Å². The maximum Gasteiger partial charge on any atom is 0.0717 e. The summed E-state index contributed by atoms with van der Waals surface area (Å²) in [5, 5.41) is 0. The fourth-order valence-corrected chi connectivity index (χ4v) is 3.24. The number of morpholine rings is 1. The molecular formula is C15H30N2O. The molecule has 2 saturated heterocycles. The number of ether oxygens (including phenoxy) is 1. The standard InChI is InChI=1S/C15H30N2O/c1-13(2)17-9-10-18-15(12-17)11-14(3)16-7-5-4-6-8-16/h13-15H,4-12H2,1-3H3. The Morgan fingerprint density at radius 2 is 1.72 bits per heavy atom. The van der Waals surface area contributed by atoms with E-state index in [1.165, 1.54) is 38.8 Å². The fraction of sp³-hybridized carbons (Fsp3) is 1.00. The molecule has 2 unspecified atom stereocenters. The van der Waals surface area contributed by atoms with Crippen LogP contribution < -0.4 is 0 Å². The zero-order valence-electron chi connectivity index (χ0n) is 12.4. The predicted octanol–water partition coefficient (Wildman–Crippen LogP) is 2.36. The van der Waals surface area contributed by atoms with Crippen LogP contribution in [0.2, 0.25) is 0 Å². The number of rotatable bonds is 4. The molecule has 18 heavy (non-hydrogen) atoms. The van der Waals surface area contributed by atoms with Crippen LogP contribution in [0.5, 0.6) is 0 Å². The minimum Gasteiger partial charge on any atom is -0.375 e. The molecule has 0 aromatic carbocycles. The summed E-state index contributed by atoms with van der Waals surface area (Å²) in [6.45, 7) is 12.7. The lowest BCUT2D eigenvalue weighted by Gasteiger charge is -2.39. The van der Waals surface area contributed by atoms with Gasteiger partial charge in [0.2, 0.25) is 0 Å². The molecule has 0 saturated carbocycles. The second kappa shape index (κ2) is 6.88. The Morgan fingerprint density at radius 1 is 1.00 bits per heavy atom. The zero-order valence-corrected chi connectivity index (χ0v) is 12.4. The lowest BCUT2D eigenvalue weighted by Crippen LogP contribution is -2.48. The molecule has 2 atom stereocenters. The smallest absolute Gasteiger partial charge is 0.0717 e. The molecule has 0 amide bonds. The van der Waals surface area contributed by atoms with E-state index in [-0.39, 0.29) is 0 Å². The number of hydrogen-bond acceptors (Lipinski definition) is 3. The second-order valence-electron chi connectivity index (χ2n) is 6.26. The average Bonchev–Trinajstić information content (AvgIpc) is 2.40. The van der Waals surface area contributed by atoms with Gasteiger partial charge < -0.3 is 9.64 Å². The predicted molar refractivity (Wildman–Crippen MR) is 76.0 cm³/mol. The van der Waals surface area contributed by atoms with Crippen molar-refractivity contribution in [3.05, 3.63) is 0 Å². The summed E-state index contributed by atoms with van der Waals surface area (Å²) in [6.07, 6.45) is 5.83. The second-order valence-corrected chi connectivity index (χ2v) is 6.26. The van der Waals surface area contributed by atoms with Crippen LogP contribution in [0.1, 0.15) is 46.5 Å². The Balaban J connectivity index is 1.77. The zero-order chi connectivity index (χ0) is 13.0. The van der Waals surface area contributed by atoms with E-state index in [9.17, 15) is 0 Å². The normalized spacial score (nSPS) is 29.7. The maximum atomic E-state index is 5.95. The quantitative estimate of drug-likeness (QED) is 0.766. The number of hydrogen-bond donors (Lipinski definition) is 0. The van der Waals surface area contributed by atoms with Crippen molar-refractivity contribution in [2.24, 2.45) is 0 Å². The van der Waals surface area contributed by atoms with Gasteiger partial charge in [-0.2, -0.15) is 0 Å². The lowest BCUT2D eigenvalue weighted by molar-refractivity contribution is -0.0523. The first-order valence-electron chi connectivity index (χ1n) is 7.76. The summed E-state index contributed by atoms with van der Waals surface area (Å²) in [5.74, 6) is 0. The Morgan fingerprint density at radius 3 is 2.39 bits per heavy atom. The average molecular weight is 254 g/mol. The SMILES string of the molecule is CC(C)N1CCOC(CC(C)N2CCCCC2)C1. The van der Waals surface area contributed by atoms with Crippen molar-refractivity contribution in [2.75, 3.05) is 32.8 Å². The minimum atomic E-state index is 0.443. The van der Waals surface area contributed by atoms with Crippen LogP contribution in [0.25, 0.3) is 0 Å². The third-order valence-electron chi connectivity index (χ3n) is 4.52. The van der Waals surface area contributed by atoms with Crippen molar-refractivity contribution in [2.45, 2.75) is 64.6 Å².